The molecule has 1 atom stereocenters. The van der Waals surface area contributed by atoms with E-state index in [-0.39, 0.29) is 24.5 Å². The van der Waals surface area contributed by atoms with E-state index in [9.17, 15) is 4.79 Å². The number of nitrogens with one attached hydrogen (secondary N) is 1. The molecular formula is C24H28ClN3O2S. The zero-order valence-corrected chi connectivity index (χ0v) is 19.4. The number of aryl methyl sites for hydroxylation is 1. The Morgan fingerprint density at radius 2 is 1.87 bits per heavy atom. The molecule has 1 unspecified atom stereocenters. The maximum absolute atomic E-state index is 12.4. The highest BCUT2D eigenvalue weighted by Gasteiger charge is 2.23. The molecule has 164 valence electrons. The Morgan fingerprint density at radius 3 is 2.65 bits per heavy atom. The molecule has 0 spiro atoms. The Kier molecular flexibility index (Phi) is 6.77. The van der Waals surface area contributed by atoms with Crippen LogP contribution < -0.4 is 5.32 Å². The first-order valence-electron chi connectivity index (χ1n) is 11.0. The van der Waals surface area contributed by atoms with Crippen molar-refractivity contribution < 1.29 is 9.53 Å². The zero-order valence-electron chi connectivity index (χ0n) is 17.7. The summed E-state index contributed by atoms with van der Waals surface area (Å²) in [6, 6.07) is 7.51. The first-order valence-corrected chi connectivity index (χ1v) is 11.8. The van der Waals surface area contributed by atoms with E-state index in [4.69, 9.17) is 4.74 Å². The molecular weight excluding hydrogens is 430 g/mol. The number of carbonyl (C=O) groups is 1. The summed E-state index contributed by atoms with van der Waals surface area (Å²) in [6.07, 6.45) is 10.7. The maximum atomic E-state index is 12.4. The van der Waals surface area contributed by atoms with Crippen LogP contribution in [0.15, 0.2) is 30.6 Å². The second-order valence-corrected chi connectivity index (χ2v) is 9.71. The fourth-order valence-electron chi connectivity index (χ4n) is 4.60. The van der Waals surface area contributed by atoms with Crippen LogP contribution in [-0.2, 0) is 17.6 Å². The molecule has 1 fully saturated rings. The largest absolute Gasteiger partial charge is 0.459 e. The molecule has 1 N–H and O–H groups in total. The molecule has 31 heavy (non-hydrogen) atoms. The molecule has 7 heteroatoms. The van der Waals surface area contributed by atoms with E-state index in [1.807, 2.05) is 24.3 Å². The van der Waals surface area contributed by atoms with Crippen molar-refractivity contribution in [3.8, 4) is 0 Å². The SMILES string of the molecule is CC1CCc2c(sc3ncnc(Nc4ccc(C(=O)OC5CCCCC5)cc4)c23)C1.Cl. The normalized spacial score (nSPS) is 18.8. The number of esters is 1. The summed E-state index contributed by atoms with van der Waals surface area (Å²) in [5.41, 5.74) is 2.91. The number of anilines is 2. The Balaban J connectivity index is 0.00000231. The first-order chi connectivity index (χ1) is 14.7. The van der Waals surface area contributed by atoms with Crippen molar-refractivity contribution in [1.82, 2.24) is 9.97 Å². The van der Waals surface area contributed by atoms with Crippen molar-refractivity contribution in [2.75, 3.05) is 5.32 Å². The van der Waals surface area contributed by atoms with E-state index in [1.54, 1.807) is 17.7 Å². The third-order valence-electron chi connectivity index (χ3n) is 6.30. The minimum absolute atomic E-state index is 0. The Labute approximate surface area is 193 Å². The predicted molar refractivity (Wildman–Crippen MR) is 128 cm³/mol. The number of carbonyl (C=O) groups excluding carboxylic acids is 1. The van der Waals surface area contributed by atoms with E-state index in [0.29, 0.717) is 5.56 Å². The lowest BCUT2D eigenvalue weighted by Gasteiger charge is -2.21. The van der Waals surface area contributed by atoms with Gasteiger partial charge in [-0.05, 0) is 80.7 Å². The van der Waals surface area contributed by atoms with Crippen molar-refractivity contribution in [2.45, 2.75) is 64.4 Å². The third kappa shape index (κ3) is 4.70. The quantitative estimate of drug-likeness (QED) is 0.454. The number of hydrogen-bond acceptors (Lipinski definition) is 6. The summed E-state index contributed by atoms with van der Waals surface area (Å²) < 4.78 is 5.68. The lowest BCUT2D eigenvalue weighted by atomic mass is 9.89. The Bertz CT molecular complexity index is 1060. The van der Waals surface area contributed by atoms with E-state index in [1.165, 1.54) is 23.3 Å². The van der Waals surface area contributed by atoms with Crippen LogP contribution in [0.1, 0.15) is 66.2 Å². The zero-order chi connectivity index (χ0) is 20.5. The van der Waals surface area contributed by atoms with Gasteiger partial charge in [-0.15, -0.1) is 23.7 Å². The molecule has 2 aliphatic carbocycles. The topological polar surface area (TPSA) is 64.1 Å². The van der Waals surface area contributed by atoms with E-state index >= 15 is 0 Å². The Morgan fingerprint density at radius 1 is 1.10 bits per heavy atom. The molecule has 2 aliphatic rings. The summed E-state index contributed by atoms with van der Waals surface area (Å²) in [4.78, 5) is 24.0. The van der Waals surface area contributed by atoms with Gasteiger partial charge in [-0.25, -0.2) is 14.8 Å². The molecule has 5 nitrogen and oxygen atoms in total. The molecule has 1 aromatic carbocycles. The van der Waals surface area contributed by atoms with Gasteiger partial charge in [0.25, 0.3) is 0 Å². The van der Waals surface area contributed by atoms with E-state index < -0.39 is 0 Å². The maximum Gasteiger partial charge on any atom is 0.338 e. The van der Waals surface area contributed by atoms with Crippen LogP contribution >= 0.6 is 23.7 Å². The van der Waals surface area contributed by atoms with Crippen LogP contribution in [-0.4, -0.2) is 22.0 Å². The summed E-state index contributed by atoms with van der Waals surface area (Å²) in [5.74, 6) is 1.36. The van der Waals surface area contributed by atoms with Gasteiger partial charge in [0.15, 0.2) is 0 Å². The van der Waals surface area contributed by atoms with Gasteiger partial charge in [-0.3, -0.25) is 0 Å². The number of rotatable bonds is 4. The van der Waals surface area contributed by atoms with Gasteiger partial charge in [0.2, 0.25) is 0 Å². The molecule has 1 saturated carbocycles. The molecule has 2 heterocycles. The molecule has 0 saturated heterocycles. The van der Waals surface area contributed by atoms with Crippen LogP contribution in [0.4, 0.5) is 11.5 Å². The van der Waals surface area contributed by atoms with Crippen LogP contribution in [0.3, 0.4) is 0 Å². The average molecular weight is 458 g/mol. The van der Waals surface area contributed by atoms with Gasteiger partial charge >= 0.3 is 5.97 Å². The minimum atomic E-state index is -0.223. The van der Waals surface area contributed by atoms with Crippen LogP contribution in [0, 0.1) is 5.92 Å². The van der Waals surface area contributed by atoms with Crippen molar-refractivity contribution in [3.63, 3.8) is 0 Å². The first kappa shape index (κ1) is 22.0. The highest BCUT2D eigenvalue weighted by Crippen LogP contribution is 2.40. The van der Waals surface area contributed by atoms with Crippen LogP contribution in [0.25, 0.3) is 10.2 Å². The van der Waals surface area contributed by atoms with Gasteiger partial charge in [0.05, 0.1) is 10.9 Å². The fraction of sp³-hybridized carbons (Fsp3) is 0.458. The number of ether oxygens (including phenoxy) is 1. The number of benzene rings is 1. The molecule has 0 bridgehead atoms. The van der Waals surface area contributed by atoms with Gasteiger partial charge in [0.1, 0.15) is 23.1 Å². The average Bonchev–Trinajstić information content (AvgIpc) is 3.13. The smallest absolute Gasteiger partial charge is 0.338 e. The number of fused-ring (bicyclic) bond motifs is 3. The highest BCUT2D eigenvalue weighted by molar-refractivity contribution is 7.19. The number of thiophene rings is 1. The molecule has 0 aliphatic heterocycles. The summed E-state index contributed by atoms with van der Waals surface area (Å²) in [5, 5.41) is 4.60. The van der Waals surface area contributed by atoms with E-state index in [2.05, 4.69) is 22.2 Å². The monoisotopic (exact) mass is 457 g/mol. The fourth-order valence-corrected chi connectivity index (χ4v) is 5.95. The van der Waals surface area contributed by atoms with Crippen LogP contribution in [0.2, 0.25) is 0 Å². The molecule has 5 rings (SSSR count). The van der Waals surface area contributed by atoms with Gasteiger partial charge in [-0.2, -0.15) is 0 Å². The van der Waals surface area contributed by atoms with Crippen molar-refractivity contribution in [1.29, 1.82) is 0 Å². The van der Waals surface area contributed by atoms with Gasteiger partial charge in [0, 0.05) is 10.6 Å². The summed E-state index contributed by atoms with van der Waals surface area (Å²) in [7, 11) is 0. The minimum Gasteiger partial charge on any atom is -0.459 e. The molecule has 3 aromatic rings. The van der Waals surface area contributed by atoms with Gasteiger partial charge < -0.3 is 10.1 Å². The lowest BCUT2D eigenvalue weighted by molar-refractivity contribution is 0.0211. The molecule has 2 aromatic heterocycles. The summed E-state index contributed by atoms with van der Waals surface area (Å²) in [6.45, 7) is 2.32. The van der Waals surface area contributed by atoms with E-state index in [0.717, 1.165) is 66.2 Å². The summed E-state index contributed by atoms with van der Waals surface area (Å²) >= 11 is 1.80. The second-order valence-electron chi connectivity index (χ2n) is 8.62. The predicted octanol–water partition coefficient (Wildman–Crippen LogP) is 6.47. The third-order valence-corrected chi connectivity index (χ3v) is 7.46. The number of nitrogens with zero attached hydrogens (tertiary/aromatic N) is 2. The van der Waals surface area contributed by atoms with Crippen molar-refractivity contribution >= 4 is 51.4 Å². The molecule has 0 radical (unpaired) electrons. The number of halogens is 1. The highest BCUT2D eigenvalue weighted by atomic mass is 35.5. The Hall–Kier alpha value is -2.18. The second kappa shape index (κ2) is 9.53. The number of hydrogen-bond donors (Lipinski definition) is 1. The molecule has 0 amide bonds. The van der Waals surface area contributed by atoms with Crippen molar-refractivity contribution in [3.05, 3.63) is 46.6 Å². The lowest BCUT2D eigenvalue weighted by Crippen LogP contribution is -2.20. The standard InChI is InChI=1S/C24H27N3O2S.ClH/c1-15-7-12-19-20(13-15)30-23-21(19)22(25-14-26-23)27-17-10-8-16(9-11-17)24(28)29-18-5-3-2-4-6-18;/h8-11,14-15,18H,2-7,12-13H2,1H3,(H,25,26,27);1H. The number of aromatic nitrogens is 2. The van der Waals surface area contributed by atoms with Gasteiger partial charge in [-0.1, -0.05) is 13.3 Å². The van der Waals surface area contributed by atoms with Crippen molar-refractivity contribution in [2.24, 2.45) is 5.92 Å². The van der Waals surface area contributed by atoms with Crippen LogP contribution in [0.5, 0.6) is 0 Å².